The number of rotatable bonds is 2. The zero-order valence-electron chi connectivity index (χ0n) is 15.1. The molecule has 6 nitrogen and oxygen atoms in total. The molecule has 3 heterocycles. The maximum atomic E-state index is 13.0. The average Bonchev–Trinajstić information content (AvgIpc) is 2.80. The predicted molar refractivity (Wildman–Crippen MR) is 102 cm³/mol. The molecule has 7 heteroatoms. The van der Waals surface area contributed by atoms with Crippen molar-refractivity contribution >= 4 is 27.5 Å². The van der Waals surface area contributed by atoms with Crippen molar-refractivity contribution in [2.24, 2.45) is 0 Å². The largest absolute Gasteiger partial charge is 0.393 e. The van der Waals surface area contributed by atoms with Crippen molar-refractivity contribution in [2.45, 2.75) is 77.0 Å². The van der Waals surface area contributed by atoms with E-state index in [4.69, 9.17) is 4.98 Å². The minimum atomic E-state index is -0.242. The number of thiophene rings is 1. The molecule has 2 N–H and O–H groups in total. The van der Waals surface area contributed by atoms with Gasteiger partial charge in [0.15, 0.2) is 0 Å². The summed E-state index contributed by atoms with van der Waals surface area (Å²) in [7, 11) is 0. The average molecular weight is 375 g/mol. The van der Waals surface area contributed by atoms with E-state index in [1.807, 2.05) is 6.92 Å². The predicted octanol–water partition coefficient (Wildman–Crippen LogP) is 2.53. The molecule has 0 aromatic carbocycles. The van der Waals surface area contributed by atoms with Gasteiger partial charge in [-0.2, -0.15) is 0 Å². The number of nitrogens with one attached hydrogen (secondary N) is 1. The van der Waals surface area contributed by atoms with E-state index >= 15 is 0 Å². The lowest BCUT2D eigenvalue weighted by Crippen LogP contribution is -2.38. The first kappa shape index (κ1) is 17.7. The van der Waals surface area contributed by atoms with Crippen LogP contribution in [0.3, 0.4) is 0 Å². The maximum absolute atomic E-state index is 13.0. The summed E-state index contributed by atoms with van der Waals surface area (Å²) in [5.74, 6) is 0.737. The highest BCUT2D eigenvalue weighted by Gasteiger charge is 2.25. The summed E-state index contributed by atoms with van der Waals surface area (Å²) in [5, 5.41) is 13.3. The molecular formula is C19H25N3O3S. The number of fused-ring (bicyclic) bond motifs is 2. The van der Waals surface area contributed by atoms with Crippen LogP contribution in [0, 0.1) is 6.92 Å². The summed E-state index contributed by atoms with van der Waals surface area (Å²) in [6.07, 6.45) is 6.82. The van der Waals surface area contributed by atoms with Crippen molar-refractivity contribution in [3.63, 3.8) is 0 Å². The number of amides is 1. The zero-order chi connectivity index (χ0) is 18.3. The van der Waals surface area contributed by atoms with Crippen LogP contribution >= 0.6 is 11.3 Å². The molecule has 140 valence electrons. The van der Waals surface area contributed by atoms with E-state index in [-0.39, 0.29) is 23.6 Å². The number of hydrogen-bond acceptors (Lipinski definition) is 5. The van der Waals surface area contributed by atoms with Crippen LogP contribution in [0.4, 0.5) is 0 Å². The number of aromatic nitrogens is 2. The first-order chi connectivity index (χ1) is 12.5. The van der Waals surface area contributed by atoms with E-state index in [9.17, 15) is 14.7 Å². The van der Waals surface area contributed by atoms with Crippen molar-refractivity contribution < 1.29 is 9.90 Å². The van der Waals surface area contributed by atoms with Crippen molar-refractivity contribution in [3.8, 4) is 0 Å². The SMILES string of the molecule is Cc1c(C(=O)NC2CCC(O)CC2)sc2nc3n(c(=O)c12)CCCCC3. The van der Waals surface area contributed by atoms with Crippen LogP contribution in [0.25, 0.3) is 10.2 Å². The monoisotopic (exact) mass is 375 g/mol. The van der Waals surface area contributed by atoms with Crippen molar-refractivity contribution in [1.29, 1.82) is 0 Å². The molecule has 1 aliphatic carbocycles. The molecule has 2 aromatic heterocycles. The standard InChI is InChI=1S/C19H25N3O3S/c1-11-15-18(21-14-5-3-2-4-10-22(14)19(15)25)26-16(11)17(24)20-12-6-8-13(23)9-7-12/h12-13,23H,2-10H2,1H3,(H,20,24). The Morgan fingerprint density at radius 2 is 2.00 bits per heavy atom. The number of aryl methyl sites for hydroxylation is 2. The third-order valence-electron chi connectivity index (χ3n) is 5.65. The molecule has 4 rings (SSSR count). The van der Waals surface area contributed by atoms with Crippen LogP contribution in [0.5, 0.6) is 0 Å². The van der Waals surface area contributed by atoms with Gasteiger partial charge in [0, 0.05) is 19.0 Å². The fraction of sp³-hybridized carbons (Fsp3) is 0.632. The molecule has 26 heavy (non-hydrogen) atoms. The van der Waals surface area contributed by atoms with Crippen LogP contribution in [-0.2, 0) is 13.0 Å². The fourth-order valence-corrected chi connectivity index (χ4v) is 5.19. The Bertz CT molecular complexity index is 894. The van der Waals surface area contributed by atoms with E-state index < -0.39 is 0 Å². The summed E-state index contributed by atoms with van der Waals surface area (Å²) in [5.41, 5.74) is 0.746. The van der Waals surface area contributed by atoms with Crippen LogP contribution in [-0.4, -0.2) is 32.7 Å². The maximum Gasteiger partial charge on any atom is 0.262 e. The molecule has 1 saturated carbocycles. The summed E-state index contributed by atoms with van der Waals surface area (Å²) in [6, 6.07) is 0.0984. The van der Waals surface area contributed by atoms with E-state index in [0.717, 1.165) is 69.3 Å². The third-order valence-corrected chi connectivity index (χ3v) is 6.83. The molecular weight excluding hydrogens is 350 g/mol. The number of carbonyl (C=O) groups excluding carboxylic acids is 1. The summed E-state index contributed by atoms with van der Waals surface area (Å²) in [4.78, 5) is 31.8. The minimum absolute atomic E-state index is 0.000452. The number of carbonyl (C=O) groups is 1. The van der Waals surface area contributed by atoms with Crippen molar-refractivity contribution in [3.05, 3.63) is 26.6 Å². The van der Waals surface area contributed by atoms with Gasteiger partial charge in [0.25, 0.3) is 11.5 Å². The first-order valence-corrected chi connectivity index (χ1v) is 10.4. The van der Waals surface area contributed by atoms with E-state index in [1.165, 1.54) is 11.3 Å². The molecule has 0 saturated heterocycles. The summed E-state index contributed by atoms with van der Waals surface area (Å²) in [6.45, 7) is 2.57. The lowest BCUT2D eigenvalue weighted by molar-refractivity contribution is 0.0871. The first-order valence-electron chi connectivity index (χ1n) is 9.56. The molecule has 1 aliphatic heterocycles. The Morgan fingerprint density at radius 1 is 1.23 bits per heavy atom. The molecule has 2 aliphatic rings. The van der Waals surface area contributed by atoms with Gasteiger partial charge in [-0.15, -0.1) is 11.3 Å². The number of aliphatic hydroxyl groups is 1. The van der Waals surface area contributed by atoms with Gasteiger partial charge in [0.05, 0.1) is 16.4 Å². The van der Waals surface area contributed by atoms with Crippen LogP contribution in [0.15, 0.2) is 4.79 Å². The van der Waals surface area contributed by atoms with Crippen molar-refractivity contribution in [1.82, 2.24) is 14.9 Å². The summed E-state index contributed by atoms with van der Waals surface area (Å²) >= 11 is 1.33. The second-order valence-electron chi connectivity index (χ2n) is 7.51. The topological polar surface area (TPSA) is 84.2 Å². The number of hydrogen-bond donors (Lipinski definition) is 2. The second kappa shape index (κ2) is 7.12. The Balaban J connectivity index is 1.66. The molecule has 1 amide bonds. The van der Waals surface area contributed by atoms with Gasteiger partial charge >= 0.3 is 0 Å². The second-order valence-corrected chi connectivity index (χ2v) is 8.51. The van der Waals surface area contributed by atoms with Gasteiger partial charge in [0.2, 0.25) is 0 Å². The normalized spacial score (nSPS) is 23.5. The Morgan fingerprint density at radius 3 is 2.77 bits per heavy atom. The molecule has 0 bridgehead atoms. The van der Waals surface area contributed by atoms with E-state index in [0.29, 0.717) is 15.1 Å². The van der Waals surface area contributed by atoms with Gasteiger partial charge in [-0.3, -0.25) is 14.2 Å². The Hall–Kier alpha value is -1.73. The van der Waals surface area contributed by atoms with Gasteiger partial charge in [0.1, 0.15) is 10.7 Å². The smallest absolute Gasteiger partial charge is 0.262 e. The lowest BCUT2D eigenvalue weighted by atomic mass is 9.93. The van der Waals surface area contributed by atoms with Crippen LogP contribution < -0.4 is 10.9 Å². The van der Waals surface area contributed by atoms with Gasteiger partial charge < -0.3 is 10.4 Å². The highest BCUT2D eigenvalue weighted by molar-refractivity contribution is 7.20. The Kier molecular flexibility index (Phi) is 4.84. The van der Waals surface area contributed by atoms with Crippen molar-refractivity contribution in [2.75, 3.05) is 0 Å². The fourth-order valence-electron chi connectivity index (χ4n) is 4.10. The van der Waals surface area contributed by atoms with Crippen LogP contribution in [0.1, 0.15) is 66.0 Å². The molecule has 0 radical (unpaired) electrons. The summed E-state index contributed by atoms with van der Waals surface area (Å²) < 4.78 is 1.80. The van der Waals surface area contributed by atoms with Gasteiger partial charge in [-0.1, -0.05) is 6.42 Å². The van der Waals surface area contributed by atoms with Gasteiger partial charge in [-0.05, 0) is 51.0 Å². The molecule has 0 unspecified atom stereocenters. The molecule has 0 spiro atoms. The third kappa shape index (κ3) is 3.18. The van der Waals surface area contributed by atoms with E-state index in [1.54, 1.807) is 4.57 Å². The minimum Gasteiger partial charge on any atom is -0.393 e. The zero-order valence-corrected chi connectivity index (χ0v) is 15.9. The number of aliphatic hydroxyl groups excluding tert-OH is 1. The van der Waals surface area contributed by atoms with Crippen LogP contribution in [0.2, 0.25) is 0 Å². The molecule has 1 fully saturated rings. The quantitative estimate of drug-likeness (QED) is 0.845. The molecule has 2 aromatic rings. The number of nitrogens with zero attached hydrogens (tertiary/aromatic N) is 2. The molecule has 0 atom stereocenters. The highest BCUT2D eigenvalue weighted by atomic mass is 32.1. The Labute approximate surface area is 156 Å². The van der Waals surface area contributed by atoms with E-state index in [2.05, 4.69) is 5.32 Å². The highest BCUT2D eigenvalue weighted by Crippen LogP contribution is 2.29. The lowest BCUT2D eigenvalue weighted by Gasteiger charge is -2.26. The van der Waals surface area contributed by atoms with Gasteiger partial charge in [-0.25, -0.2) is 4.98 Å².